The van der Waals surface area contributed by atoms with Gasteiger partial charge in [-0.1, -0.05) is 26.0 Å². The average Bonchev–Trinajstić information content (AvgIpc) is 2.27. The molecule has 0 spiro atoms. The van der Waals surface area contributed by atoms with Crippen LogP contribution in [0.15, 0.2) is 24.3 Å². The topological polar surface area (TPSA) is 26.0 Å². The van der Waals surface area contributed by atoms with Crippen molar-refractivity contribution in [2.45, 2.75) is 45.6 Å². The summed E-state index contributed by atoms with van der Waals surface area (Å²) in [6.07, 6.45) is 4.56. The Kier molecular flexibility index (Phi) is 4.39. The van der Waals surface area contributed by atoms with E-state index in [9.17, 15) is 4.39 Å². The van der Waals surface area contributed by atoms with E-state index in [1.54, 1.807) is 12.1 Å². The molecule has 1 aliphatic carbocycles. The quantitative estimate of drug-likeness (QED) is 0.867. The molecule has 0 aromatic heterocycles. The fraction of sp³-hybridized carbons (Fsp3) is 0.625. The van der Waals surface area contributed by atoms with Crippen molar-refractivity contribution < 1.29 is 4.39 Å². The van der Waals surface area contributed by atoms with Gasteiger partial charge in [-0.2, -0.15) is 0 Å². The number of benzene rings is 1. The lowest BCUT2D eigenvalue weighted by atomic mass is 9.73. The molecule has 0 aliphatic heterocycles. The first kappa shape index (κ1) is 13.5. The third-order valence-electron chi connectivity index (χ3n) is 4.18. The van der Waals surface area contributed by atoms with Crippen molar-refractivity contribution in [1.29, 1.82) is 0 Å². The standard InChI is InChI=1S/C16H24FN/c1-11-6-12(2)8-14(7-11)16(18)10-13-4-3-5-15(17)9-13/h3-5,9,11-12,14,16H,6-8,10,18H2,1-2H3. The molecule has 1 aromatic rings. The van der Waals surface area contributed by atoms with Gasteiger partial charge in [0.25, 0.3) is 0 Å². The van der Waals surface area contributed by atoms with E-state index in [0.29, 0.717) is 5.92 Å². The predicted molar refractivity (Wildman–Crippen MR) is 73.7 cm³/mol. The van der Waals surface area contributed by atoms with E-state index in [-0.39, 0.29) is 11.9 Å². The van der Waals surface area contributed by atoms with Gasteiger partial charge in [-0.15, -0.1) is 0 Å². The minimum absolute atomic E-state index is 0.162. The van der Waals surface area contributed by atoms with Crippen molar-refractivity contribution in [2.24, 2.45) is 23.5 Å². The molecular weight excluding hydrogens is 225 g/mol. The third kappa shape index (κ3) is 3.55. The van der Waals surface area contributed by atoms with Crippen LogP contribution in [0.4, 0.5) is 4.39 Å². The molecule has 2 N–H and O–H groups in total. The maximum atomic E-state index is 13.1. The molecule has 100 valence electrons. The molecule has 2 rings (SSSR count). The number of hydrogen-bond acceptors (Lipinski definition) is 1. The molecule has 2 heteroatoms. The van der Waals surface area contributed by atoms with Gasteiger partial charge in [0.1, 0.15) is 5.82 Å². The number of nitrogens with two attached hydrogens (primary N) is 1. The summed E-state index contributed by atoms with van der Waals surface area (Å²) in [4.78, 5) is 0. The molecule has 0 heterocycles. The van der Waals surface area contributed by atoms with Gasteiger partial charge in [-0.25, -0.2) is 4.39 Å². The highest BCUT2D eigenvalue weighted by atomic mass is 19.1. The number of halogens is 1. The predicted octanol–water partition coefficient (Wildman–Crippen LogP) is 3.77. The van der Waals surface area contributed by atoms with E-state index in [1.807, 2.05) is 6.07 Å². The highest BCUT2D eigenvalue weighted by Crippen LogP contribution is 2.34. The molecule has 3 atom stereocenters. The Morgan fingerprint density at radius 2 is 1.89 bits per heavy atom. The van der Waals surface area contributed by atoms with Crippen molar-refractivity contribution in [3.05, 3.63) is 35.6 Å². The minimum atomic E-state index is -0.162. The largest absolute Gasteiger partial charge is 0.327 e. The molecule has 1 aliphatic rings. The molecule has 1 aromatic carbocycles. The van der Waals surface area contributed by atoms with Crippen LogP contribution >= 0.6 is 0 Å². The van der Waals surface area contributed by atoms with E-state index in [0.717, 1.165) is 23.8 Å². The molecular formula is C16H24FN. The first-order valence-electron chi connectivity index (χ1n) is 7.04. The van der Waals surface area contributed by atoms with Gasteiger partial charge < -0.3 is 5.73 Å². The van der Waals surface area contributed by atoms with Crippen LogP contribution < -0.4 is 5.73 Å². The lowest BCUT2D eigenvalue weighted by molar-refractivity contribution is 0.192. The van der Waals surface area contributed by atoms with E-state index < -0.39 is 0 Å². The Labute approximate surface area is 110 Å². The Morgan fingerprint density at radius 1 is 1.22 bits per heavy atom. The fourth-order valence-electron chi connectivity index (χ4n) is 3.46. The Hall–Kier alpha value is -0.890. The summed E-state index contributed by atoms with van der Waals surface area (Å²) in [5.74, 6) is 1.98. The lowest BCUT2D eigenvalue weighted by Gasteiger charge is -2.35. The Balaban J connectivity index is 1.97. The normalized spacial score (nSPS) is 30.1. The highest BCUT2D eigenvalue weighted by molar-refractivity contribution is 5.17. The first-order chi connectivity index (χ1) is 8.54. The van der Waals surface area contributed by atoms with Crippen LogP contribution in [0, 0.1) is 23.6 Å². The molecule has 1 fully saturated rings. The van der Waals surface area contributed by atoms with Crippen molar-refractivity contribution in [2.75, 3.05) is 0 Å². The van der Waals surface area contributed by atoms with E-state index in [4.69, 9.17) is 5.73 Å². The van der Waals surface area contributed by atoms with E-state index in [1.165, 1.54) is 25.3 Å². The zero-order chi connectivity index (χ0) is 13.1. The summed E-state index contributed by atoms with van der Waals surface area (Å²) >= 11 is 0. The van der Waals surface area contributed by atoms with Crippen molar-refractivity contribution in [1.82, 2.24) is 0 Å². The summed E-state index contributed by atoms with van der Waals surface area (Å²) in [6, 6.07) is 6.99. The summed E-state index contributed by atoms with van der Waals surface area (Å²) in [7, 11) is 0. The molecule has 3 unspecified atom stereocenters. The zero-order valence-electron chi connectivity index (χ0n) is 11.4. The summed E-state index contributed by atoms with van der Waals surface area (Å²) in [6.45, 7) is 4.63. The van der Waals surface area contributed by atoms with Gasteiger partial charge in [0.05, 0.1) is 0 Å². The van der Waals surface area contributed by atoms with Gasteiger partial charge in [0.15, 0.2) is 0 Å². The smallest absolute Gasteiger partial charge is 0.123 e. The second-order valence-corrected chi connectivity index (χ2v) is 6.18. The monoisotopic (exact) mass is 249 g/mol. The van der Waals surface area contributed by atoms with Gasteiger partial charge >= 0.3 is 0 Å². The Morgan fingerprint density at radius 3 is 2.50 bits per heavy atom. The van der Waals surface area contributed by atoms with E-state index >= 15 is 0 Å². The Bertz CT molecular complexity index is 380. The second kappa shape index (κ2) is 5.83. The maximum Gasteiger partial charge on any atom is 0.123 e. The van der Waals surface area contributed by atoms with E-state index in [2.05, 4.69) is 13.8 Å². The minimum Gasteiger partial charge on any atom is -0.327 e. The highest BCUT2D eigenvalue weighted by Gasteiger charge is 2.28. The molecule has 1 saturated carbocycles. The van der Waals surface area contributed by atoms with Crippen molar-refractivity contribution in [3.63, 3.8) is 0 Å². The van der Waals surface area contributed by atoms with Crippen molar-refractivity contribution >= 4 is 0 Å². The van der Waals surface area contributed by atoms with Gasteiger partial charge in [0, 0.05) is 6.04 Å². The molecule has 0 radical (unpaired) electrons. The molecule has 0 amide bonds. The average molecular weight is 249 g/mol. The summed E-state index contributed by atoms with van der Waals surface area (Å²) < 4.78 is 13.1. The lowest BCUT2D eigenvalue weighted by Crippen LogP contribution is -2.37. The van der Waals surface area contributed by atoms with Gasteiger partial charge in [-0.3, -0.25) is 0 Å². The number of hydrogen-bond donors (Lipinski definition) is 1. The van der Waals surface area contributed by atoms with Crippen molar-refractivity contribution in [3.8, 4) is 0 Å². The number of rotatable bonds is 3. The fourth-order valence-corrected chi connectivity index (χ4v) is 3.46. The zero-order valence-corrected chi connectivity index (χ0v) is 11.4. The van der Waals surface area contributed by atoms with Gasteiger partial charge in [-0.05, 0) is 61.1 Å². The SMILES string of the molecule is CC1CC(C)CC(C(N)Cc2cccc(F)c2)C1. The van der Waals surface area contributed by atoms with Crippen LogP contribution in [0.5, 0.6) is 0 Å². The summed E-state index contributed by atoms with van der Waals surface area (Å²) in [5, 5.41) is 0. The molecule has 0 saturated heterocycles. The van der Waals surface area contributed by atoms with Crippen LogP contribution in [0.25, 0.3) is 0 Å². The van der Waals surface area contributed by atoms with Crippen LogP contribution in [0.1, 0.15) is 38.7 Å². The molecule has 0 bridgehead atoms. The van der Waals surface area contributed by atoms with Crippen LogP contribution in [-0.4, -0.2) is 6.04 Å². The summed E-state index contributed by atoms with van der Waals surface area (Å²) in [5.41, 5.74) is 7.35. The third-order valence-corrected chi connectivity index (χ3v) is 4.18. The molecule has 18 heavy (non-hydrogen) atoms. The molecule has 1 nitrogen and oxygen atoms in total. The second-order valence-electron chi connectivity index (χ2n) is 6.18. The van der Waals surface area contributed by atoms with Gasteiger partial charge in [0.2, 0.25) is 0 Å². The van der Waals surface area contributed by atoms with Crippen LogP contribution in [0.3, 0.4) is 0 Å². The van der Waals surface area contributed by atoms with Crippen LogP contribution in [0.2, 0.25) is 0 Å². The first-order valence-corrected chi connectivity index (χ1v) is 7.04. The van der Waals surface area contributed by atoms with Crippen LogP contribution in [-0.2, 0) is 6.42 Å². The maximum absolute atomic E-state index is 13.1.